The topological polar surface area (TPSA) is 116 Å². The fraction of sp³-hybridized carbons (Fsp3) is 0. The van der Waals surface area contributed by atoms with Gasteiger partial charge in [0.05, 0.1) is 21.7 Å². The third kappa shape index (κ3) is 4.36. The number of amidine groups is 1. The maximum atomic E-state index is 12.1. The number of aliphatic imine (C=N–C) groups is 1. The third-order valence-corrected chi connectivity index (χ3v) is 4.74. The van der Waals surface area contributed by atoms with Crippen molar-refractivity contribution in [2.45, 2.75) is 0 Å². The highest BCUT2D eigenvalue weighted by Crippen LogP contribution is 2.30. The minimum absolute atomic E-state index is 0.106. The van der Waals surface area contributed by atoms with Crippen molar-refractivity contribution in [3.63, 3.8) is 0 Å². The molecule has 7 nitrogen and oxygen atoms in total. The summed E-state index contributed by atoms with van der Waals surface area (Å²) in [6.45, 7) is 0. The first-order valence-electron chi connectivity index (χ1n) is 7.49. The van der Waals surface area contributed by atoms with Crippen molar-refractivity contribution in [3.05, 3.63) is 69.1 Å². The standard InChI is InChI=1S/C18H11ClN2O5S/c19-13-4-2-1-3-9(13)8-14-15(22)21-18(27-14)20-12-6-10(16(23)24)5-11(7-12)17(25)26/h1-8H,(H,23,24)(H,25,26)(H,20,21,22)/b14-8-. The van der Waals surface area contributed by atoms with Crippen molar-refractivity contribution in [1.82, 2.24) is 5.32 Å². The van der Waals surface area contributed by atoms with Crippen LogP contribution in [0.15, 0.2) is 52.4 Å². The smallest absolute Gasteiger partial charge is 0.335 e. The molecule has 1 aliphatic heterocycles. The molecule has 1 amide bonds. The maximum absolute atomic E-state index is 12.1. The number of benzene rings is 2. The van der Waals surface area contributed by atoms with E-state index < -0.39 is 11.9 Å². The molecule has 0 aromatic heterocycles. The van der Waals surface area contributed by atoms with Gasteiger partial charge < -0.3 is 15.5 Å². The second-order valence-electron chi connectivity index (χ2n) is 5.38. The summed E-state index contributed by atoms with van der Waals surface area (Å²) < 4.78 is 0. The van der Waals surface area contributed by atoms with Gasteiger partial charge in [-0.1, -0.05) is 29.8 Å². The Kier molecular flexibility index (Phi) is 5.29. The van der Waals surface area contributed by atoms with Gasteiger partial charge >= 0.3 is 11.9 Å². The number of aromatic carboxylic acids is 2. The van der Waals surface area contributed by atoms with Crippen LogP contribution in [-0.2, 0) is 4.79 Å². The lowest BCUT2D eigenvalue weighted by molar-refractivity contribution is -0.115. The van der Waals surface area contributed by atoms with Gasteiger partial charge in [0.1, 0.15) is 0 Å². The molecule has 0 aliphatic carbocycles. The summed E-state index contributed by atoms with van der Waals surface area (Å²) in [4.78, 5) is 39.0. The van der Waals surface area contributed by atoms with E-state index in [1.807, 2.05) is 0 Å². The van der Waals surface area contributed by atoms with Crippen LogP contribution >= 0.6 is 23.4 Å². The first-order chi connectivity index (χ1) is 12.8. The van der Waals surface area contributed by atoms with Crippen LogP contribution in [0.2, 0.25) is 5.02 Å². The number of thioether (sulfide) groups is 1. The average Bonchev–Trinajstić information content (AvgIpc) is 2.95. The molecule has 27 heavy (non-hydrogen) atoms. The van der Waals surface area contributed by atoms with Crippen molar-refractivity contribution in [2.24, 2.45) is 4.99 Å². The van der Waals surface area contributed by atoms with Crippen molar-refractivity contribution >= 4 is 58.1 Å². The van der Waals surface area contributed by atoms with Crippen LogP contribution in [-0.4, -0.2) is 33.2 Å². The second-order valence-corrected chi connectivity index (χ2v) is 6.82. The van der Waals surface area contributed by atoms with E-state index in [0.717, 1.165) is 17.8 Å². The summed E-state index contributed by atoms with van der Waals surface area (Å²) in [5, 5.41) is 21.5. The van der Waals surface area contributed by atoms with E-state index in [4.69, 9.17) is 21.8 Å². The van der Waals surface area contributed by atoms with E-state index in [1.54, 1.807) is 30.3 Å². The van der Waals surface area contributed by atoms with Gasteiger partial charge in [-0.25, -0.2) is 14.6 Å². The van der Waals surface area contributed by atoms with Gasteiger partial charge in [-0.2, -0.15) is 0 Å². The van der Waals surface area contributed by atoms with E-state index in [9.17, 15) is 14.4 Å². The summed E-state index contributed by atoms with van der Waals surface area (Å²) >= 11 is 7.13. The van der Waals surface area contributed by atoms with Crippen LogP contribution in [0, 0.1) is 0 Å². The molecule has 3 rings (SSSR count). The lowest BCUT2D eigenvalue weighted by atomic mass is 10.1. The zero-order valence-corrected chi connectivity index (χ0v) is 15.0. The van der Waals surface area contributed by atoms with E-state index in [2.05, 4.69) is 10.3 Å². The predicted molar refractivity (Wildman–Crippen MR) is 103 cm³/mol. The van der Waals surface area contributed by atoms with Crippen LogP contribution < -0.4 is 5.32 Å². The molecule has 0 saturated carbocycles. The number of rotatable bonds is 4. The minimum Gasteiger partial charge on any atom is -0.478 e. The third-order valence-electron chi connectivity index (χ3n) is 3.49. The molecular weight excluding hydrogens is 392 g/mol. The molecule has 136 valence electrons. The fourth-order valence-corrected chi connectivity index (χ4v) is 3.28. The molecular formula is C18H11ClN2O5S. The second kappa shape index (κ2) is 7.65. The van der Waals surface area contributed by atoms with E-state index in [-0.39, 0.29) is 27.9 Å². The van der Waals surface area contributed by atoms with Crippen LogP contribution in [0.1, 0.15) is 26.3 Å². The molecule has 1 fully saturated rings. The molecule has 9 heteroatoms. The van der Waals surface area contributed by atoms with Crippen LogP contribution in [0.4, 0.5) is 5.69 Å². The van der Waals surface area contributed by atoms with Gasteiger partial charge in [-0.15, -0.1) is 0 Å². The number of hydrogen-bond acceptors (Lipinski definition) is 5. The molecule has 1 heterocycles. The monoisotopic (exact) mass is 402 g/mol. The quantitative estimate of drug-likeness (QED) is 0.672. The molecule has 2 aromatic carbocycles. The van der Waals surface area contributed by atoms with Gasteiger partial charge in [-0.3, -0.25) is 4.79 Å². The normalized spacial score (nSPS) is 16.6. The summed E-state index contributed by atoms with van der Waals surface area (Å²) in [5.74, 6) is -2.93. The van der Waals surface area contributed by atoms with Crippen molar-refractivity contribution < 1.29 is 24.6 Å². The van der Waals surface area contributed by atoms with Gasteiger partial charge in [0, 0.05) is 5.02 Å². The minimum atomic E-state index is -1.28. The van der Waals surface area contributed by atoms with Crippen molar-refractivity contribution in [3.8, 4) is 0 Å². The number of carboxylic acid groups (broad SMARTS) is 2. The molecule has 1 saturated heterocycles. The first-order valence-corrected chi connectivity index (χ1v) is 8.69. The number of halogens is 1. The molecule has 2 aromatic rings. The summed E-state index contributed by atoms with van der Waals surface area (Å²) in [6, 6.07) is 10.5. The molecule has 0 atom stereocenters. The molecule has 1 aliphatic rings. The number of nitrogens with one attached hydrogen (secondary N) is 1. The number of carboxylic acids is 2. The van der Waals surface area contributed by atoms with Gasteiger partial charge in [0.2, 0.25) is 0 Å². The Labute approximate surface area is 162 Å². The van der Waals surface area contributed by atoms with Crippen LogP contribution in [0.3, 0.4) is 0 Å². The van der Waals surface area contributed by atoms with Crippen molar-refractivity contribution in [2.75, 3.05) is 0 Å². The molecule has 0 bridgehead atoms. The SMILES string of the molecule is O=C1NC(=Nc2cc(C(=O)O)cc(C(=O)O)c2)S/C1=C\c1ccccc1Cl. The zero-order valence-electron chi connectivity index (χ0n) is 13.5. The predicted octanol–water partition coefficient (Wildman–Crippen LogP) is 3.63. The van der Waals surface area contributed by atoms with Crippen molar-refractivity contribution in [1.29, 1.82) is 0 Å². The summed E-state index contributed by atoms with van der Waals surface area (Å²) in [7, 11) is 0. The zero-order chi connectivity index (χ0) is 19.6. The average molecular weight is 403 g/mol. The highest BCUT2D eigenvalue weighted by molar-refractivity contribution is 8.18. The molecule has 0 spiro atoms. The van der Waals surface area contributed by atoms with E-state index in [1.165, 1.54) is 12.1 Å². The van der Waals surface area contributed by atoms with Gasteiger partial charge in [0.25, 0.3) is 5.91 Å². The Morgan fingerprint density at radius 1 is 1.07 bits per heavy atom. The Morgan fingerprint density at radius 2 is 1.70 bits per heavy atom. The fourth-order valence-electron chi connectivity index (χ4n) is 2.25. The van der Waals surface area contributed by atoms with Crippen LogP contribution in [0.25, 0.3) is 6.08 Å². The highest BCUT2D eigenvalue weighted by Gasteiger charge is 2.24. The number of amides is 1. The first kappa shape index (κ1) is 18.7. The Bertz CT molecular complexity index is 1000. The van der Waals surface area contributed by atoms with E-state index >= 15 is 0 Å². The number of hydrogen-bond donors (Lipinski definition) is 3. The number of carbonyl (C=O) groups is 3. The molecule has 0 unspecified atom stereocenters. The van der Waals surface area contributed by atoms with E-state index in [0.29, 0.717) is 15.5 Å². The maximum Gasteiger partial charge on any atom is 0.335 e. The lowest BCUT2D eigenvalue weighted by Gasteiger charge is -2.02. The Morgan fingerprint density at radius 3 is 2.30 bits per heavy atom. The molecule has 0 radical (unpaired) electrons. The summed E-state index contributed by atoms with van der Waals surface area (Å²) in [5.41, 5.74) is 0.346. The van der Waals surface area contributed by atoms with Gasteiger partial charge in [-0.05, 0) is 47.7 Å². The van der Waals surface area contributed by atoms with Crippen LogP contribution in [0.5, 0.6) is 0 Å². The summed E-state index contributed by atoms with van der Waals surface area (Å²) in [6.07, 6.45) is 1.61. The Hall–Kier alpha value is -3.10. The number of nitrogens with zero attached hydrogens (tertiary/aromatic N) is 1. The lowest BCUT2D eigenvalue weighted by Crippen LogP contribution is -2.19. The number of carbonyl (C=O) groups excluding carboxylic acids is 1. The van der Waals surface area contributed by atoms with Gasteiger partial charge in [0.15, 0.2) is 5.17 Å². The highest BCUT2D eigenvalue weighted by atomic mass is 35.5. The molecule has 3 N–H and O–H groups in total. The Balaban J connectivity index is 1.93. The largest absolute Gasteiger partial charge is 0.478 e.